The first kappa shape index (κ1) is 51.0. The lowest BCUT2D eigenvalue weighted by Crippen LogP contribution is -2.09. The second-order valence-corrected chi connectivity index (χ2v) is 14.3. The van der Waals surface area contributed by atoms with E-state index in [9.17, 15) is 41.2 Å². The predicted octanol–water partition coefficient (Wildman–Crippen LogP) is 6.12. The van der Waals surface area contributed by atoms with E-state index in [1.807, 2.05) is 24.3 Å². The number of nitrogens with two attached hydrogens (primary N) is 2. The normalized spacial score (nSPS) is 10.9. The maximum absolute atomic E-state index is 9.52. The van der Waals surface area contributed by atoms with Crippen LogP contribution in [-0.4, -0.2) is 66.4 Å². The molecule has 21 heteroatoms. The smallest absolute Gasteiger partial charge is 0.157 e. The van der Waals surface area contributed by atoms with Crippen molar-refractivity contribution in [2.75, 3.05) is 0 Å². The molecule has 16 N–H and O–H groups in total. The molecule has 0 fully saturated rings. The van der Waals surface area contributed by atoms with E-state index in [2.05, 4.69) is 24.4 Å². The molecule has 61 heavy (non-hydrogen) atoms. The average molecular weight is 897 g/mol. The zero-order valence-corrected chi connectivity index (χ0v) is 34.2. The van der Waals surface area contributed by atoms with E-state index in [4.69, 9.17) is 43.0 Å². The fraction of sp³-hybridized carbons (Fsp3) is 0. The summed E-state index contributed by atoms with van der Waals surface area (Å²) in [5.74, 6) is -2.30. The molecule has 0 atom stereocenters. The van der Waals surface area contributed by atoms with Crippen LogP contribution in [0.4, 0.5) is 0 Å². The largest absolute Gasteiger partial charge is 0.504 e. The van der Waals surface area contributed by atoms with E-state index in [-0.39, 0.29) is 93.8 Å². The van der Waals surface area contributed by atoms with Crippen molar-refractivity contribution in [2.45, 2.75) is 0 Å². The van der Waals surface area contributed by atoms with Gasteiger partial charge in [0.15, 0.2) is 46.0 Å². The molecule has 0 spiro atoms. The molecule has 0 radical (unpaired) electrons. The molecule has 17 nitrogen and oxygen atoms in total. The van der Waals surface area contributed by atoms with Crippen molar-refractivity contribution in [2.24, 2.45) is 11.5 Å². The molecule has 4 aromatic rings. The summed E-state index contributed by atoms with van der Waals surface area (Å²) in [6.45, 7) is 0. The van der Waals surface area contributed by atoms with Crippen molar-refractivity contribution in [3.63, 3.8) is 0 Å². The zero-order valence-electron chi connectivity index (χ0n) is 30.9. The molecule has 0 aromatic heterocycles. The number of phenolic OH excluding ortho intramolecular Hbond substituents is 8. The van der Waals surface area contributed by atoms with Crippen molar-refractivity contribution in [1.29, 1.82) is 31.9 Å². The maximum atomic E-state index is 9.52. The van der Waals surface area contributed by atoms with Crippen LogP contribution in [0.15, 0.2) is 95.1 Å². The maximum Gasteiger partial charge on any atom is 0.157 e. The Morgan fingerprint density at radius 3 is 0.836 bits per heavy atom. The van der Waals surface area contributed by atoms with E-state index in [0.29, 0.717) is 22.3 Å². The quantitative estimate of drug-likeness (QED) is 0.0180. The third-order valence-corrected chi connectivity index (χ3v) is 9.50. The van der Waals surface area contributed by atoms with Gasteiger partial charge < -0.3 is 57.8 Å². The number of phenols is 8. The van der Waals surface area contributed by atoms with Crippen molar-refractivity contribution in [3.8, 4) is 70.3 Å². The van der Waals surface area contributed by atoms with E-state index < -0.39 is 0 Å². The molecule has 0 heterocycles. The summed E-state index contributed by atoms with van der Waals surface area (Å²) >= 11 is 9.30. The Morgan fingerprint density at radius 1 is 0.443 bits per heavy atom. The Balaban J connectivity index is 0.000000504. The Kier molecular flexibility index (Phi) is 20.6. The van der Waals surface area contributed by atoms with Gasteiger partial charge in [0, 0.05) is 0 Å². The molecule has 4 aromatic carbocycles. The number of benzene rings is 4. The highest BCUT2D eigenvalue weighted by atomic mass is 33.1. The highest BCUT2D eigenvalue weighted by Gasteiger charge is 2.13. The summed E-state index contributed by atoms with van der Waals surface area (Å²) in [5, 5.41) is 126. The van der Waals surface area contributed by atoms with Crippen molar-refractivity contribution in [3.05, 3.63) is 117 Å². The minimum absolute atomic E-state index is 0. The summed E-state index contributed by atoms with van der Waals surface area (Å²) in [4.78, 5) is -0.0184. The Bertz CT molecular complexity index is 2470. The van der Waals surface area contributed by atoms with Crippen LogP contribution in [0.5, 0.6) is 46.0 Å². The molecular formula is C40H32N8O9S4. The Hall–Kier alpha value is -8.02. The van der Waals surface area contributed by atoms with Gasteiger partial charge in [0.05, 0.1) is 22.3 Å². The highest BCUT2D eigenvalue weighted by Crippen LogP contribution is 2.33. The summed E-state index contributed by atoms with van der Waals surface area (Å²) in [5.41, 5.74) is 12.7. The van der Waals surface area contributed by atoms with Crippen LogP contribution in [0, 0.1) is 56.1 Å². The number of hydrogen-bond acceptors (Lipinski definition) is 18. The predicted molar refractivity (Wildman–Crippen MR) is 241 cm³/mol. The van der Waals surface area contributed by atoms with Crippen LogP contribution in [0.2, 0.25) is 0 Å². The van der Waals surface area contributed by atoms with Crippen LogP contribution >= 0.6 is 46.0 Å². The lowest BCUT2D eigenvalue weighted by molar-refractivity contribution is 0.403. The molecule has 0 saturated carbocycles. The second-order valence-electron chi connectivity index (χ2n) is 11.2. The number of nitriles is 4. The molecule has 0 bridgehead atoms. The number of rotatable bonds is 8. The van der Waals surface area contributed by atoms with Crippen LogP contribution in [0.25, 0.3) is 24.3 Å². The first-order chi connectivity index (χ1) is 28.3. The Labute approximate surface area is 366 Å². The molecule has 0 aliphatic heterocycles. The minimum Gasteiger partial charge on any atom is -0.504 e. The van der Waals surface area contributed by atoms with E-state index in [0.717, 1.165) is 21.6 Å². The topological polar surface area (TPSA) is 388 Å². The number of nitrogens with one attached hydrogen (secondary N) is 2. The molecule has 0 saturated heterocycles. The Morgan fingerprint density at radius 2 is 0.656 bits per heavy atom. The van der Waals surface area contributed by atoms with Gasteiger partial charge in [0.1, 0.15) is 44.3 Å². The third-order valence-electron chi connectivity index (χ3n) is 6.95. The van der Waals surface area contributed by atoms with Gasteiger partial charge in [0.25, 0.3) is 0 Å². The van der Waals surface area contributed by atoms with Crippen LogP contribution in [0.3, 0.4) is 0 Å². The van der Waals surface area contributed by atoms with E-state index >= 15 is 0 Å². The van der Waals surface area contributed by atoms with Gasteiger partial charge in [-0.1, -0.05) is 48.7 Å². The molecule has 4 rings (SSSR count). The lowest BCUT2D eigenvalue weighted by Gasteiger charge is -2.05. The molecule has 0 unspecified atom stereocenters. The standard InChI is InChI=1S/C20H14N4O4S2.2C10H8N2O2S.H2O/c21-9-13(5-11-1-3-15(25)17(27)7-11)19(23)29-30-20(24)14(10-22)6-12-2-4-16(26)18(28)8-12;2*11-5-7(10(12)15)3-6-1-2-8(13)9(14)4-6;/h1-8,23-28H;2*1-4,13-14H,(H2,12,15);1H2/b13-5+,14-6+,23-19?,24-20?;2*7-3+;. The monoisotopic (exact) mass is 896 g/mol. The SMILES string of the molecule is N#C/C(=C\c1ccc(O)c(O)c1)C(=N)SSC(=N)/C(C#N)=C/c1ccc(O)c(O)c1.N#C/C(=C\c1ccc(O)c(O)c1)C(N)=S.N#C/C(=C\c1ccc(O)c(O)c1)C(N)=S.O. The summed E-state index contributed by atoms with van der Waals surface area (Å²) < 4.78 is 0. The van der Waals surface area contributed by atoms with E-state index in [1.165, 1.54) is 97.1 Å². The number of nitrogens with zero attached hydrogens (tertiary/aromatic N) is 4. The van der Waals surface area contributed by atoms with Gasteiger partial charge in [-0.15, -0.1) is 0 Å². The van der Waals surface area contributed by atoms with Gasteiger partial charge in [0.2, 0.25) is 0 Å². The van der Waals surface area contributed by atoms with Crippen LogP contribution in [-0.2, 0) is 0 Å². The van der Waals surface area contributed by atoms with Crippen molar-refractivity contribution in [1.82, 2.24) is 0 Å². The van der Waals surface area contributed by atoms with Gasteiger partial charge >= 0.3 is 0 Å². The summed E-state index contributed by atoms with van der Waals surface area (Å²) in [6.07, 6.45) is 5.56. The second kappa shape index (κ2) is 24.7. The zero-order chi connectivity index (χ0) is 45.1. The molecular weight excluding hydrogens is 865 g/mol. The molecule has 0 aliphatic rings. The molecule has 310 valence electrons. The number of thiocarbonyl (C=S) groups is 2. The van der Waals surface area contributed by atoms with Gasteiger partial charge in [-0.3, -0.25) is 10.8 Å². The van der Waals surface area contributed by atoms with Crippen LogP contribution < -0.4 is 11.5 Å². The summed E-state index contributed by atoms with van der Waals surface area (Å²) in [6, 6.07) is 23.6. The molecule has 0 aliphatic carbocycles. The van der Waals surface area contributed by atoms with Gasteiger partial charge in [-0.05, 0) is 117 Å². The van der Waals surface area contributed by atoms with E-state index in [1.54, 1.807) is 0 Å². The fourth-order valence-electron chi connectivity index (χ4n) is 3.97. The minimum atomic E-state index is -0.361. The molecule has 0 amide bonds. The number of aromatic hydroxyl groups is 8. The first-order valence-electron chi connectivity index (χ1n) is 16.0. The average Bonchev–Trinajstić information content (AvgIpc) is 3.21. The lowest BCUT2D eigenvalue weighted by atomic mass is 10.1. The third kappa shape index (κ3) is 16.4. The highest BCUT2D eigenvalue weighted by molar-refractivity contribution is 8.87. The summed E-state index contributed by atoms with van der Waals surface area (Å²) in [7, 11) is 1.59. The van der Waals surface area contributed by atoms with Crippen LogP contribution in [0.1, 0.15) is 22.3 Å². The fourth-order valence-corrected chi connectivity index (χ4v) is 5.78. The number of hydrogen-bond donors (Lipinski definition) is 12. The van der Waals surface area contributed by atoms with Gasteiger partial charge in [-0.2, -0.15) is 21.0 Å². The van der Waals surface area contributed by atoms with Gasteiger partial charge in [-0.25, -0.2) is 0 Å². The van der Waals surface area contributed by atoms with Crippen molar-refractivity contribution < 1.29 is 46.3 Å². The van der Waals surface area contributed by atoms with Crippen molar-refractivity contribution >= 4 is 90.4 Å². The first-order valence-corrected chi connectivity index (χ1v) is 19.0.